The first kappa shape index (κ1) is 26.6. The molecule has 5 atom stereocenters. The Morgan fingerprint density at radius 1 is 0.774 bits per heavy atom. The Labute approximate surface area is 183 Å². The van der Waals surface area contributed by atoms with Crippen molar-refractivity contribution < 1.29 is 47.3 Å². The Kier molecular flexibility index (Phi) is 9.69. The number of hydrogen-bond acceptors (Lipinski definition) is 10. The lowest BCUT2D eigenvalue weighted by atomic mass is 9.93. The summed E-state index contributed by atoms with van der Waals surface area (Å²) >= 11 is 0. The van der Waals surface area contributed by atoms with Crippen molar-refractivity contribution in [3.63, 3.8) is 0 Å². The minimum absolute atomic E-state index is 0.268. The Bertz CT molecular complexity index is 711. The minimum Gasteiger partial charge on any atom is -0.548 e. The van der Waals surface area contributed by atoms with Crippen LogP contribution in [0.2, 0.25) is 19.6 Å². The van der Waals surface area contributed by atoms with Crippen molar-refractivity contribution in [3.8, 4) is 0 Å². The maximum atomic E-state index is 11.8. The molecule has 1 aliphatic heterocycles. The maximum absolute atomic E-state index is 11.8. The lowest BCUT2D eigenvalue weighted by Gasteiger charge is -2.43. The Hall–Kier alpha value is -2.40. The third-order valence-corrected chi connectivity index (χ3v) is 4.83. The van der Waals surface area contributed by atoms with E-state index < -0.39 is 62.7 Å². The van der Waals surface area contributed by atoms with E-state index in [2.05, 4.69) is 0 Å². The number of carbonyl (C=O) groups excluding carboxylic acids is 4. The Morgan fingerprint density at radius 3 is 1.71 bits per heavy atom. The van der Waals surface area contributed by atoms with Gasteiger partial charge in [0.05, 0.1) is 5.76 Å². The van der Waals surface area contributed by atoms with Gasteiger partial charge in [-0.3, -0.25) is 19.2 Å². The van der Waals surface area contributed by atoms with Crippen LogP contribution in [0.4, 0.5) is 0 Å². The van der Waals surface area contributed by atoms with Crippen LogP contribution in [0, 0.1) is 0 Å². The SMILES string of the molecule is CC(=O)OC[C@H]1O[C@@H](/C=C(/C)O[Si](C)(C)C)[C@H](OC(C)=O)[C@@H](OC(C)=O)[C@@H]1OC(C)=O. The van der Waals surface area contributed by atoms with Crippen LogP contribution < -0.4 is 0 Å². The molecule has 1 saturated heterocycles. The molecule has 0 amide bonds. The molecule has 1 fully saturated rings. The van der Waals surface area contributed by atoms with Gasteiger partial charge in [-0.15, -0.1) is 0 Å². The molecule has 1 rings (SSSR count). The number of carbonyl (C=O) groups is 4. The highest BCUT2D eigenvalue weighted by Gasteiger charge is 2.51. The van der Waals surface area contributed by atoms with Crippen LogP contribution in [-0.4, -0.2) is 69.3 Å². The molecular formula is C20H32O10Si. The number of esters is 4. The molecule has 1 heterocycles. The fraction of sp³-hybridized carbons (Fsp3) is 0.700. The molecule has 0 aromatic rings. The number of allylic oxidation sites excluding steroid dienone is 1. The van der Waals surface area contributed by atoms with Gasteiger partial charge in [0, 0.05) is 27.7 Å². The third-order valence-electron chi connectivity index (χ3n) is 3.89. The average Bonchev–Trinajstić information content (AvgIpc) is 2.55. The van der Waals surface area contributed by atoms with Crippen molar-refractivity contribution in [2.45, 2.75) is 84.8 Å². The molecule has 0 N–H and O–H groups in total. The van der Waals surface area contributed by atoms with Crippen LogP contribution in [0.25, 0.3) is 0 Å². The van der Waals surface area contributed by atoms with Gasteiger partial charge in [0.2, 0.25) is 8.32 Å². The van der Waals surface area contributed by atoms with Crippen LogP contribution in [0.5, 0.6) is 0 Å². The second kappa shape index (κ2) is 11.3. The molecule has 0 saturated carbocycles. The largest absolute Gasteiger partial charge is 0.548 e. The predicted molar refractivity (Wildman–Crippen MR) is 110 cm³/mol. The van der Waals surface area contributed by atoms with Crippen molar-refractivity contribution in [3.05, 3.63) is 11.8 Å². The normalized spacial score (nSPS) is 26.5. The van der Waals surface area contributed by atoms with E-state index in [0.717, 1.165) is 0 Å². The molecule has 0 aliphatic carbocycles. The zero-order chi connectivity index (χ0) is 23.9. The highest BCUT2D eigenvalue weighted by molar-refractivity contribution is 6.70. The van der Waals surface area contributed by atoms with Crippen molar-refractivity contribution in [1.29, 1.82) is 0 Å². The molecular weight excluding hydrogens is 428 g/mol. The predicted octanol–water partition coefficient (Wildman–Crippen LogP) is 1.87. The summed E-state index contributed by atoms with van der Waals surface area (Å²) in [5, 5.41) is 0. The molecule has 0 spiro atoms. The van der Waals surface area contributed by atoms with Crippen LogP contribution in [0.15, 0.2) is 11.8 Å². The summed E-state index contributed by atoms with van der Waals surface area (Å²) in [5.41, 5.74) is 0. The third kappa shape index (κ3) is 9.51. The van der Waals surface area contributed by atoms with Crippen LogP contribution in [0.3, 0.4) is 0 Å². The van der Waals surface area contributed by atoms with Gasteiger partial charge in [-0.2, -0.15) is 0 Å². The topological polar surface area (TPSA) is 124 Å². The second-order valence-electron chi connectivity index (χ2n) is 8.16. The van der Waals surface area contributed by atoms with E-state index >= 15 is 0 Å². The van der Waals surface area contributed by atoms with Crippen molar-refractivity contribution in [1.82, 2.24) is 0 Å². The molecule has 0 bridgehead atoms. The van der Waals surface area contributed by atoms with E-state index in [-0.39, 0.29) is 6.61 Å². The number of hydrogen-bond donors (Lipinski definition) is 0. The van der Waals surface area contributed by atoms with Crippen molar-refractivity contribution in [2.75, 3.05) is 6.61 Å². The first-order valence-electron chi connectivity index (χ1n) is 9.87. The molecule has 176 valence electrons. The van der Waals surface area contributed by atoms with Crippen molar-refractivity contribution in [2.24, 2.45) is 0 Å². The van der Waals surface area contributed by atoms with Gasteiger partial charge in [0.25, 0.3) is 0 Å². The lowest BCUT2D eigenvalue weighted by molar-refractivity contribution is -0.244. The zero-order valence-corrected chi connectivity index (χ0v) is 20.3. The lowest BCUT2D eigenvalue weighted by Crippen LogP contribution is -2.62. The molecule has 31 heavy (non-hydrogen) atoms. The smallest absolute Gasteiger partial charge is 0.303 e. The fourth-order valence-electron chi connectivity index (χ4n) is 3.14. The van der Waals surface area contributed by atoms with Gasteiger partial charge in [-0.1, -0.05) is 0 Å². The highest BCUT2D eigenvalue weighted by atomic mass is 28.4. The summed E-state index contributed by atoms with van der Waals surface area (Å²) < 4.78 is 33.1. The highest BCUT2D eigenvalue weighted by Crippen LogP contribution is 2.30. The Morgan fingerprint density at radius 2 is 1.26 bits per heavy atom. The first-order valence-corrected chi connectivity index (χ1v) is 13.3. The second-order valence-corrected chi connectivity index (χ2v) is 12.6. The summed E-state index contributed by atoms with van der Waals surface area (Å²) in [5.74, 6) is -2.03. The average molecular weight is 461 g/mol. The molecule has 0 aromatic carbocycles. The summed E-state index contributed by atoms with van der Waals surface area (Å²) in [4.78, 5) is 46.6. The molecule has 10 nitrogen and oxygen atoms in total. The van der Waals surface area contributed by atoms with Gasteiger partial charge in [-0.05, 0) is 32.6 Å². The van der Waals surface area contributed by atoms with E-state index in [0.29, 0.717) is 5.76 Å². The maximum Gasteiger partial charge on any atom is 0.303 e. The standard InChI is InChI=1S/C20H32O10Si/c1-11(30-31(6,7)8)9-16-18(26-13(3)22)20(28-15(5)24)19(27-14(4)23)17(29-16)10-25-12(2)21/h9,16-20H,10H2,1-8H3/b11-9-/t16-,17+,18-,19+,20+/m0/s1. The molecule has 0 unspecified atom stereocenters. The molecule has 0 aromatic heterocycles. The van der Waals surface area contributed by atoms with Gasteiger partial charge < -0.3 is 28.1 Å². The molecule has 1 aliphatic rings. The first-order chi connectivity index (χ1) is 14.2. The summed E-state index contributed by atoms with van der Waals surface area (Å²) in [7, 11) is -1.94. The van der Waals surface area contributed by atoms with E-state index in [4.69, 9.17) is 28.1 Å². The van der Waals surface area contributed by atoms with Gasteiger partial charge >= 0.3 is 23.9 Å². The Balaban J connectivity index is 3.42. The summed E-state index contributed by atoms with van der Waals surface area (Å²) in [6.45, 7) is 12.2. The summed E-state index contributed by atoms with van der Waals surface area (Å²) in [6.07, 6.45) is -3.79. The fourth-order valence-corrected chi connectivity index (χ4v) is 4.18. The van der Waals surface area contributed by atoms with Crippen molar-refractivity contribution >= 4 is 32.2 Å². The monoisotopic (exact) mass is 460 g/mol. The number of ether oxygens (including phenoxy) is 5. The van der Waals surface area contributed by atoms with Crippen LogP contribution in [0.1, 0.15) is 34.6 Å². The van der Waals surface area contributed by atoms with Crippen LogP contribution in [-0.2, 0) is 47.3 Å². The van der Waals surface area contributed by atoms with E-state index in [1.165, 1.54) is 27.7 Å². The number of rotatable bonds is 8. The van der Waals surface area contributed by atoms with E-state index in [1.54, 1.807) is 13.0 Å². The van der Waals surface area contributed by atoms with Crippen LogP contribution >= 0.6 is 0 Å². The van der Waals surface area contributed by atoms with Gasteiger partial charge in [0.1, 0.15) is 18.8 Å². The van der Waals surface area contributed by atoms with Gasteiger partial charge in [0.15, 0.2) is 18.3 Å². The quantitative estimate of drug-likeness (QED) is 0.229. The van der Waals surface area contributed by atoms with Gasteiger partial charge in [-0.25, -0.2) is 0 Å². The zero-order valence-electron chi connectivity index (χ0n) is 19.3. The molecule has 11 heteroatoms. The molecule has 0 radical (unpaired) electrons. The summed E-state index contributed by atoms with van der Waals surface area (Å²) in [6, 6.07) is 0. The minimum atomic E-state index is -1.94. The van der Waals surface area contributed by atoms with E-state index in [1.807, 2.05) is 19.6 Å². The van der Waals surface area contributed by atoms with E-state index in [9.17, 15) is 19.2 Å².